The third kappa shape index (κ3) is 4.73. The molecule has 0 fully saturated rings. The van der Waals surface area contributed by atoms with E-state index >= 15 is 0 Å². The van der Waals surface area contributed by atoms with Gasteiger partial charge in [-0.15, -0.1) is 0 Å². The Bertz CT molecular complexity index is 994. The quantitative estimate of drug-likeness (QED) is 0.534. The Balaban J connectivity index is 1.76. The monoisotopic (exact) mass is 410 g/mol. The summed E-state index contributed by atoms with van der Waals surface area (Å²) in [5, 5.41) is 3.22. The molecular weight excluding hydrogens is 397 g/mol. The largest absolute Gasteiger partial charge is 0.418 e. The van der Waals surface area contributed by atoms with Gasteiger partial charge in [-0.2, -0.15) is 13.2 Å². The predicted molar refractivity (Wildman–Crippen MR) is 102 cm³/mol. The molecule has 1 atom stereocenters. The van der Waals surface area contributed by atoms with Crippen LogP contribution < -0.4 is 5.32 Å². The van der Waals surface area contributed by atoms with E-state index in [1.807, 2.05) is 30.3 Å². The highest BCUT2D eigenvalue weighted by atomic mass is 35.5. The van der Waals surface area contributed by atoms with Gasteiger partial charge in [-0.1, -0.05) is 47.6 Å². The third-order valence-corrected chi connectivity index (χ3v) is 5.06. The minimum Gasteiger partial charge on any atom is -0.325 e. The van der Waals surface area contributed by atoms with Crippen molar-refractivity contribution in [2.45, 2.75) is 23.4 Å². The van der Waals surface area contributed by atoms with Crippen LogP contribution in [0.2, 0.25) is 5.02 Å². The van der Waals surface area contributed by atoms with E-state index in [9.17, 15) is 18.0 Å². The number of rotatable bonds is 4. The van der Waals surface area contributed by atoms with E-state index in [0.29, 0.717) is 5.03 Å². The number of hydrogen-bond donors (Lipinski definition) is 1. The molecular formula is C19H14ClF3N2OS. The standard InChI is InChI=1S/C19H14ClF3N2OS/c1-11(27-17-9-6-12-4-2-3-5-15(12)24-17)18(26)25-16-8-7-13(20)10-14(16)19(21,22)23/h2-11H,1H3,(H,25,26). The minimum atomic E-state index is -4.62. The maximum atomic E-state index is 13.1. The molecule has 0 aliphatic heterocycles. The number of carbonyl (C=O) groups excluding carboxylic acids is 1. The summed E-state index contributed by atoms with van der Waals surface area (Å²) in [6.45, 7) is 1.61. The second kappa shape index (κ2) is 7.78. The van der Waals surface area contributed by atoms with Crippen LogP contribution in [0, 0.1) is 0 Å². The first-order valence-electron chi connectivity index (χ1n) is 7.94. The number of halogens is 4. The maximum absolute atomic E-state index is 13.1. The van der Waals surface area contributed by atoms with Crippen molar-refractivity contribution in [3.63, 3.8) is 0 Å². The van der Waals surface area contributed by atoms with Crippen LogP contribution in [0.4, 0.5) is 18.9 Å². The van der Waals surface area contributed by atoms with Crippen LogP contribution in [-0.2, 0) is 11.0 Å². The van der Waals surface area contributed by atoms with E-state index in [0.717, 1.165) is 23.0 Å². The molecule has 8 heteroatoms. The molecule has 0 saturated carbocycles. The predicted octanol–water partition coefficient (Wildman–Crippen LogP) is 6.03. The lowest BCUT2D eigenvalue weighted by molar-refractivity contribution is -0.137. The van der Waals surface area contributed by atoms with Crippen molar-refractivity contribution in [3.05, 3.63) is 65.2 Å². The summed E-state index contributed by atoms with van der Waals surface area (Å²) in [5.41, 5.74) is -0.521. The van der Waals surface area contributed by atoms with Gasteiger partial charge in [-0.25, -0.2) is 4.98 Å². The SMILES string of the molecule is CC(Sc1ccc2ccccc2n1)C(=O)Nc1ccc(Cl)cc1C(F)(F)F. The maximum Gasteiger partial charge on any atom is 0.418 e. The fourth-order valence-electron chi connectivity index (χ4n) is 2.44. The van der Waals surface area contributed by atoms with E-state index in [2.05, 4.69) is 10.3 Å². The Kier molecular flexibility index (Phi) is 5.62. The Hall–Kier alpha value is -2.25. The van der Waals surface area contributed by atoms with Gasteiger partial charge >= 0.3 is 6.18 Å². The zero-order valence-electron chi connectivity index (χ0n) is 14.0. The first-order valence-corrected chi connectivity index (χ1v) is 9.20. The van der Waals surface area contributed by atoms with Crippen molar-refractivity contribution in [1.82, 2.24) is 4.98 Å². The number of alkyl halides is 3. The van der Waals surface area contributed by atoms with Crippen LogP contribution in [0.25, 0.3) is 10.9 Å². The molecule has 0 aliphatic carbocycles. The smallest absolute Gasteiger partial charge is 0.325 e. The molecule has 3 aromatic rings. The molecule has 2 aromatic carbocycles. The molecule has 0 aliphatic rings. The number of thioether (sulfide) groups is 1. The normalized spacial score (nSPS) is 12.8. The highest BCUT2D eigenvalue weighted by Crippen LogP contribution is 2.37. The van der Waals surface area contributed by atoms with Crippen molar-refractivity contribution in [2.24, 2.45) is 0 Å². The molecule has 0 bridgehead atoms. The number of carbonyl (C=O) groups is 1. The summed E-state index contributed by atoms with van der Waals surface area (Å²) in [4.78, 5) is 16.8. The zero-order valence-corrected chi connectivity index (χ0v) is 15.6. The molecule has 1 amide bonds. The van der Waals surface area contributed by atoms with E-state index in [1.54, 1.807) is 13.0 Å². The molecule has 1 heterocycles. The minimum absolute atomic E-state index is 0.0527. The fraction of sp³-hybridized carbons (Fsp3) is 0.158. The first kappa shape index (κ1) is 19.5. The summed E-state index contributed by atoms with van der Waals surface area (Å²) in [5.74, 6) is -0.553. The molecule has 1 unspecified atom stereocenters. The van der Waals surface area contributed by atoms with E-state index in [-0.39, 0.29) is 10.7 Å². The third-order valence-electron chi connectivity index (χ3n) is 3.78. The van der Waals surface area contributed by atoms with E-state index in [1.165, 1.54) is 17.8 Å². The van der Waals surface area contributed by atoms with Crippen LogP contribution in [0.1, 0.15) is 12.5 Å². The van der Waals surface area contributed by atoms with Crippen molar-refractivity contribution in [1.29, 1.82) is 0 Å². The fourth-order valence-corrected chi connectivity index (χ4v) is 3.44. The van der Waals surface area contributed by atoms with E-state index < -0.39 is 22.9 Å². The van der Waals surface area contributed by atoms with E-state index in [4.69, 9.17) is 11.6 Å². The molecule has 3 rings (SSSR count). The number of hydrogen-bond acceptors (Lipinski definition) is 3. The number of nitrogens with one attached hydrogen (secondary N) is 1. The Morgan fingerprint density at radius 3 is 2.63 bits per heavy atom. The number of aromatic nitrogens is 1. The van der Waals surface area contributed by atoms with Crippen LogP contribution >= 0.6 is 23.4 Å². The molecule has 0 saturated heterocycles. The molecule has 140 valence electrons. The highest BCUT2D eigenvalue weighted by molar-refractivity contribution is 8.00. The van der Waals surface area contributed by atoms with Crippen LogP contribution in [0.3, 0.4) is 0 Å². The van der Waals surface area contributed by atoms with Gasteiger partial charge in [0.25, 0.3) is 0 Å². The summed E-state index contributed by atoms with van der Waals surface area (Å²) in [6.07, 6.45) is -4.62. The van der Waals surface area contributed by atoms with Crippen LogP contribution in [0.5, 0.6) is 0 Å². The van der Waals surface area contributed by atoms with Crippen molar-refractivity contribution >= 4 is 45.9 Å². The van der Waals surface area contributed by atoms with Gasteiger partial charge in [0.05, 0.1) is 27.0 Å². The Morgan fingerprint density at radius 2 is 1.89 bits per heavy atom. The van der Waals surface area contributed by atoms with Gasteiger partial charge in [0.15, 0.2) is 0 Å². The molecule has 1 aromatic heterocycles. The molecule has 0 spiro atoms. The average molecular weight is 411 g/mol. The summed E-state index contributed by atoms with van der Waals surface area (Å²) < 4.78 is 39.4. The Morgan fingerprint density at radius 1 is 1.15 bits per heavy atom. The lowest BCUT2D eigenvalue weighted by Crippen LogP contribution is -2.24. The lowest BCUT2D eigenvalue weighted by Gasteiger charge is -2.16. The molecule has 27 heavy (non-hydrogen) atoms. The highest BCUT2D eigenvalue weighted by Gasteiger charge is 2.34. The van der Waals surface area contributed by atoms with Crippen molar-refractivity contribution in [2.75, 3.05) is 5.32 Å². The van der Waals surface area contributed by atoms with Gasteiger partial charge in [-0.3, -0.25) is 4.79 Å². The topological polar surface area (TPSA) is 42.0 Å². The number of anilines is 1. The number of fused-ring (bicyclic) bond motifs is 1. The Labute approximate surface area is 162 Å². The summed E-state index contributed by atoms with van der Waals surface area (Å²) in [7, 11) is 0. The zero-order chi connectivity index (χ0) is 19.6. The van der Waals surface area contributed by atoms with Gasteiger partial charge in [-0.05, 0) is 37.3 Å². The van der Waals surface area contributed by atoms with Crippen LogP contribution in [0.15, 0.2) is 59.6 Å². The molecule has 3 nitrogen and oxygen atoms in total. The first-order chi connectivity index (χ1) is 12.7. The summed E-state index contributed by atoms with van der Waals surface area (Å²) in [6, 6.07) is 14.4. The van der Waals surface area contributed by atoms with Crippen molar-refractivity contribution in [3.8, 4) is 0 Å². The van der Waals surface area contributed by atoms with Gasteiger partial charge < -0.3 is 5.32 Å². The molecule has 1 N–H and O–H groups in total. The number of pyridine rings is 1. The summed E-state index contributed by atoms with van der Waals surface area (Å²) >= 11 is 6.82. The average Bonchev–Trinajstić information content (AvgIpc) is 2.62. The number of nitrogens with zero attached hydrogens (tertiary/aromatic N) is 1. The number of para-hydroxylation sites is 1. The number of amides is 1. The van der Waals surface area contributed by atoms with Gasteiger partial charge in [0, 0.05) is 10.4 Å². The van der Waals surface area contributed by atoms with Gasteiger partial charge in [0.2, 0.25) is 5.91 Å². The van der Waals surface area contributed by atoms with Gasteiger partial charge in [0.1, 0.15) is 0 Å². The molecule has 0 radical (unpaired) electrons. The van der Waals surface area contributed by atoms with Crippen LogP contribution in [-0.4, -0.2) is 16.1 Å². The van der Waals surface area contributed by atoms with Crippen molar-refractivity contribution < 1.29 is 18.0 Å². The lowest BCUT2D eigenvalue weighted by atomic mass is 10.1. The second-order valence-electron chi connectivity index (χ2n) is 5.78. The second-order valence-corrected chi connectivity index (χ2v) is 7.58. The number of benzene rings is 2.